The molecule has 1 aromatic carbocycles. The highest BCUT2D eigenvalue weighted by atomic mass is 35.5. The number of ether oxygens (including phenoxy) is 2. The molecule has 0 saturated carbocycles. The van der Waals surface area contributed by atoms with E-state index in [-0.39, 0.29) is 47.9 Å². The van der Waals surface area contributed by atoms with Gasteiger partial charge in [-0.15, -0.1) is 0 Å². The van der Waals surface area contributed by atoms with E-state index in [0.717, 1.165) is 0 Å². The molecule has 2 aromatic heterocycles. The predicted octanol–water partition coefficient (Wildman–Crippen LogP) is 2.74. The molecule has 0 aliphatic carbocycles. The summed E-state index contributed by atoms with van der Waals surface area (Å²) < 4.78 is 28.2. The first kappa shape index (κ1) is 25.2. The third-order valence-corrected chi connectivity index (χ3v) is 6.87. The van der Waals surface area contributed by atoms with Crippen LogP contribution < -0.4 is 5.32 Å². The molecule has 4 heterocycles. The van der Waals surface area contributed by atoms with Gasteiger partial charge in [0.15, 0.2) is 12.1 Å². The molecule has 0 spiro atoms. The monoisotopic (exact) mass is 521 g/mol. The van der Waals surface area contributed by atoms with Crippen molar-refractivity contribution in [2.24, 2.45) is 0 Å². The first-order valence-corrected chi connectivity index (χ1v) is 12.1. The quantitative estimate of drug-likeness (QED) is 0.386. The van der Waals surface area contributed by atoms with Crippen molar-refractivity contribution in [2.45, 2.75) is 69.8 Å². The molecular formula is C24H29ClFN5O5. The third kappa shape index (κ3) is 4.23. The second-order valence-corrected chi connectivity index (χ2v) is 10.7. The van der Waals surface area contributed by atoms with Crippen molar-refractivity contribution in [3.63, 3.8) is 0 Å². The molecule has 10 nitrogen and oxygen atoms in total. The highest BCUT2D eigenvalue weighted by molar-refractivity contribution is 6.33. The maximum Gasteiger partial charge on any atom is 0.223 e. The number of aliphatic hydroxyl groups excluding tert-OH is 2. The van der Waals surface area contributed by atoms with E-state index >= 15 is 4.39 Å². The number of imidazole rings is 1. The minimum absolute atomic E-state index is 0.101. The molecule has 5 rings (SSSR count). The summed E-state index contributed by atoms with van der Waals surface area (Å²) in [6.45, 7) is 6.98. The Morgan fingerprint density at radius 2 is 2.08 bits per heavy atom. The van der Waals surface area contributed by atoms with E-state index in [0.29, 0.717) is 16.9 Å². The summed E-state index contributed by atoms with van der Waals surface area (Å²) in [7, 11) is 0. The second kappa shape index (κ2) is 8.86. The number of nitrogens with one attached hydrogen (secondary N) is 1. The van der Waals surface area contributed by atoms with E-state index in [1.54, 1.807) is 24.5 Å². The van der Waals surface area contributed by atoms with Crippen molar-refractivity contribution in [1.29, 1.82) is 0 Å². The standard InChI is InChI=1S/C24H29ClFN5O5/c1-11(2)31-16-6-12(5-14(26)18(16)29-21(31)23(3,4)34)17-13(25)8-27-22(30-17)28-15-7-24(9-32)10-35-20(36-24)19(15)33/h5-6,8,11,15,19-20,32-34H,7,9-10H2,1-4H3,(H,27,28,30)/t15-,19+,20-,24-/m1/s1. The molecule has 0 radical (unpaired) electrons. The Kier molecular flexibility index (Phi) is 6.21. The van der Waals surface area contributed by atoms with Crippen molar-refractivity contribution < 1.29 is 29.2 Å². The molecule has 2 aliphatic heterocycles. The first-order valence-electron chi connectivity index (χ1n) is 11.7. The number of rotatable bonds is 6. The van der Waals surface area contributed by atoms with Gasteiger partial charge in [-0.25, -0.2) is 19.3 Å². The topological polar surface area (TPSA) is 135 Å². The zero-order valence-corrected chi connectivity index (χ0v) is 21.1. The average Bonchev–Trinajstić information content (AvgIpc) is 3.39. The third-order valence-electron chi connectivity index (χ3n) is 6.59. The van der Waals surface area contributed by atoms with Crippen molar-refractivity contribution in [3.8, 4) is 11.3 Å². The van der Waals surface area contributed by atoms with Gasteiger partial charge >= 0.3 is 0 Å². The Morgan fingerprint density at radius 1 is 1.33 bits per heavy atom. The fraction of sp³-hybridized carbons (Fsp3) is 0.542. The van der Waals surface area contributed by atoms with Crippen molar-refractivity contribution in [3.05, 3.63) is 35.0 Å². The lowest BCUT2D eigenvalue weighted by Crippen LogP contribution is -2.54. The van der Waals surface area contributed by atoms with Crippen LogP contribution in [-0.2, 0) is 15.1 Å². The van der Waals surface area contributed by atoms with Gasteiger partial charge in [0.1, 0.15) is 28.6 Å². The van der Waals surface area contributed by atoms with Gasteiger partial charge in [0, 0.05) is 18.0 Å². The minimum atomic E-state index is -1.28. The number of hydrogen-bond acceptors (Lipinski definition) is 9. The molecule has 36 heavy (non-hydrogen) atoms. The summed E-state index contributed by atoms with van der Waals surface area (Å²) in [5.74, 6) is -0.0548. The van der Waals surface area contributed by atoms with Gasteiger partial charge in [-0.1, -0.05) is 11.6 Å². The molecule has 4 atom stereocenters. The molecule has 0 unspecified atom stereocenters. The zero-order chi connectivity index (χ0) is 26.0. The smallest absolute Gasteiger partial charge is 0.223 e. The van der Waals surface area contributed by atoms with Crippen LogP contribution in [0.2, 0.25) is 5.02 Å². The van der Waals surface area contributed by atoms with Crippen LogP contribution in [0, 0.1) is 5.82 Å². The minimum Gasteiger partial charge on any atom is -0.393 e. The summed E-state index contributed by atoms with van der Waals surface area (Å²) in [6.07, 6.45) is -0.206. The zero-order valence-electron chi connectivity index (χ0n) is 20.4. The van der Waals surface area contributed by atoms with Crippen LogP contribution in [0.5, 0.6) is 0 Å². The van der Waals surface area contributed by atoms with E-state index in [9.17, 15) is 15.3 Å². The SMILES string of the molecule is CC(C)n1c(C(C)(C)O)nc2c(F)cc(-c3nc(N[C@@H]4C[C@@]5(CO)CO[C@H](O5)[C@H]4O)ncc3Cl)cc21. The summed E-state index contributed by atoms with van der Waals surface area (Å²) in [4.78, 5) is 13.1. The lowest BCUT2D eigenvalue weighted by Gasteiger charge is -2.38. The predicted molar refractivity (Wildman–Crippen MR) is 130 cm³/mol. The number of aliphatic hydroxyl groups is 3. The summed E-state index contributed by atoms with van der Waals surface area (Å²) in [5.41, 5.74) is -0.850. The van der Waals surface area contributed by atoms with Crippen molar-refractivity contribution in [1.82, 2.24) is 19.5 Å². The largest absolute Gasteiger partial charge is 0.393 e. The van der Waals surface area contributed by atoms with Gasteiger partial charge in [-0.2, -0.15) is 0 Å². The Labute approximate surface area is 212 Å². The summed E-state index contributed by atoms with van der Waals surface area (Å²) in [5, 5.41) is 34.3. The normalized spacial score (nSPS) is 26.2. The maximum atomic E-state index is 15.3. The number of hydrogen-bond donors (Lipinski definition) is 4. The highest BCUT2D eigenvalue weighted by Gasteiger charge is 2.52. The molecule has 2 bridgehead atoms. The van der Waals surface area contributed by atoms with Crippen molar-refractivity contribution in [2.75, 3.05) is 18.5 Å². The Hall–Kier alpha value is -2.41. The average molecular weight is 522 g/mol. The molecule has 2 aliphatic rings. The van der Waals surface area contributed by atoms with Crippen LogP contribution in [0.25, 0.3) is 22.3 Å². The van der Waals surface area contributed by atoms with Crippen LogP contribution in [0.1, 0.15) is 46.0 Å². The fourth-order valence-corrected chi connectivity index (χ4v) is 5.07. The van der Waals surface area contributed by atoms with Crippen LogP contribution in [-0.4, -0.2) is 72.1 Å². The molecule has 2 fully saturated rings. The van der Waals surface area contributed by atoms with Gasteiger partial charge in [0.25, 0.3) is 0 Å². The van der Waals surface area contributed by atoms with Crippen LogP contribution in [0.15, 0.2) is 18.3 Å². The number of fused-ring (bicyclic) bond motifs is 3. The van der Waals surface area contributed by atoms with Crippen LogP contribution in [0.3, 0.4) is 0 Å². The van der Waals surface area contributed by atoms with E-state index < -0.39 is 35.5 Å². The maximum absolute atomic E-state index is 15.3. The van der Waals surface area contributed by atoms with Crippen LogP contribution in [0.4, 0.5) is 10.3 Å². The lowest BCUT2D eigenvalue weighted by molar-refractivity contribution is -0.191. The number of anilines is 1. The first-order chi connectivity index (χ1) is 16.9. The Morgan fingerprint density at radius 3 is 2.75 bits per heavy atom. The molecule has 0 amide bonds. The number of aromatic nitrogens is 4. The van der Waals surface area contributed by atoms with Gasteiger partial charge < -0.3 is 34.7 Å². The number of benzene rings is 1. The molecule has 4 N–H and O–H groups in total. The van der Waals surface area contributed by atoms with Gasteiger partial charge in [-0.05, 0) is 39.8 Å². The van der Waals surface area contributed by atoms with E-state index in [1.165, 1.54) is 12.3 Å². The highest BCUT2D eigenvalue weighted by Crippen LogP contribution is 2.38. The number of nitrogens with zero attached hydrogens (tertiary/aromatic N) is 4. The summed E-state index contributed by atoms with van der Waals surface area (Å²) in [6, 6.07) is 2.38. The molecule has 2 saturated heterocycles. The molecule has 3 aromatic rings. The van der Waals surface area contributed by atoms with Gasteiger partial charge in [0.2, 0.25) is 5.95 Å². The van der Waals surface area contributed by atoms with Gasteiger partial charge in [0.05, 0.1) is 41.7 Å². The van der Waals surface area contributed by atoms with E-state index in [2.05, 4.69) is 20.3 Å². The molecule has 12 heteroatoms. The van der Waals surface area contributed by atoms with Crippen molar-refractivity contribution >= 4 is 28.6 Å². The Balaban J connectivity index is 1.54. The lowest BCUT2D eigenvalue weighted by atomic mass is 9.91. The van der Waals surface area contributed by atoms with E-state index in [4.69, 9.17) is 21.1 Å². The molecular weight excluding hydrogens is 493 g/mol. The van der Waals surface area contributed by atoms with E-state index in [1.807, 2.05) is 13.8 Å². The molecule has 194 valence electrons. The summed E-state index contributed by atoms with van der Waals surface area (Å²) >= 11 is 6.43. The number of halogens is 2. The second-order valence-electron chi connectivity index (χ2n) is 10.3. The fourth-order valence-electron chi connectivity index (χ4n) is 4.87. The van der Waals surface area contributed by atoms with Crippen LogP contribution >= 0.6 is 11.6 Å². The van der Waals surface area contributed by atoms with Gasteiger partial charge in [-0.3, -0.25) is 0 Å². The Bertz CT molecular complexity index is 1310.